The molecular weight excluding hydrogens is 224 g/mol. The van der Waals surface area contributed by atoms with Crippen molar-refractivity contribution in [3.8, 4) is 0 Å². The highest BCUT2D eigenvalue weighted by molar-refractivity contribution is 4.94. The van der Waals surface area contributed by atoms with E-state index in [2.05, 4.69) is 54.7 Å². The summed E-state index contributed by atoms with van der Waals surface area (Å²) in [5.41, 5.74) is 0. The molecular formula is C14H28N4. The van der Waals surface area contributed by atoms with Crippen LogP contribution in [0.25, 0.3) is 0 Å². The van der Waals surface area contributed by atoms with Crippen LogP contribution in [0.1, 0.15) is 58.7 Å². The summed E-state index contributed by atoms with van der Waals surface area (Å²) < 4.78 is 2.11. The van der Waals surface area contributed by atoms with Gasteiger partial charge in [0, 0.05) is 12.8 Å². The van der Waals surface area contributed by atoms with Gasteiger partial charge in [-0.25, -0.2) is 9.67 Å². The molecule has 1 aromatic rings. The van der Waals surface area contributed by atoms with Crippen LogP contribution in [-0.2, 0) is 12.8 Å². The van der Waals surface area contributed by atoms with Crippen LogP contribution < -0.4 is 5.32 Å². The summed E-state index contributed by atoms with van der Waals surface area (Å²) in [6.45, 7) is 13.1. The van der Waals surface area contributed by atoms with Gasteiger partial charge in [0.2, 0.25) is 0 Å². The maximum atomic E-state index is 4.59. The standard InChI is InChI=1S/C14H28N4/c1-6-13-16-14(7-2)18(17-13)12(5)8-9-15-10-11(3)4/h11-12,15H,6-10H2,1-5H3. The van der Waals surface area contributed by atoms with Crippen LogP contribution in [0.5, 0.6) is 0 Å². The summed E-state index contributed by atoms with van der Waals surface area (Å²) in [7, 11) is 0. The Kier molecular flexibility index (Phi) is 6.33. The van der Waals surface area contributed by atoms with Gasteiger partial charge in [-0.2, -0.15) is 5.10 Å². The molecule has 18 heavy (non-hydrogen) atoms. The maximum Gasteiger partial charge on any atom is 0.150 e. The highest BCUT2D eigenvalue weighted by Gasteiger charge is 2.12. The second-order valence-corrected chi connectivity index (χ2v) is 5.33. The van der Waals surface area contributed by atoms with Crippen molar-refractivity contribution >= 4 is 0 Å². The zero-order valence-electron chi connectivity index (χ0n) is 12.5. The number of nitrogens with zero attached hydrogens (tertiary/aromatic N) is 3. The second kappa shape index (κ2) is 7.52. The Labute approximate surface area is 111 Å². The zero-order chi connectivity index (χ0) is 13.5. The van der Waals surface area contributed by atoms with Crippen LogP contribution >= 0.6 is 0 Å². The lowest BCUT2D eigenvalue weighted by molar-refractivity contribution is 0.420. The van der Waals surface area contributed by atoms with Crippen LogP contribution in [0.2, 0.25) is 0 Å². The largest absolute Gasteiger partial charge is 0.316 e. The van der Waals surface area contributed by atoms with E-state index in [9.17, 15) is 0 Å². The summed E-state index contributed by atoms with van der Waals surface area (Å²) in [5.74, 6) is 2.79. The number of hydrogen-bond acceptors (Lipinski definition) is 3. The highest BCUT2D eigenvalue weighted by Crippen LogP contribution is 2.12. The molecule has 1 N–H and O–H groups in total. The van der Waals surface area contributed by atoms with Crippen molar-refractivity contribution in [1.29, 1.82) is 0 Å². The summed E-state index contributed by atoms with van der Waals surface area (Å²) >= 11 is 0. The summed E-state index contributed by atoms with van der Waals surface area (Å²) in [4.78, 5) is 4.56. The normalized spacial score (nSPS) is 13.2. The number of nitrogens with one attached hydrogen (secondary N) is 1. The Bertz CT molecular complexity index is 344. The quantitative estimate of drug-likeness (QED) is 0.723. The fourth-order valence-corrected chi connectivity index (χ4v) is 1.97. The topological polar surface area (TPSA) is 42.7 Å². The van der Waals surface area contributed by atoms with Crippen molar-refractivity contribution in [3.63, 3.8) is 0 Å². The SMILES string of the molecule is CCc1nc(CC)n(C(C)CCNCC(C)C)n1. The molecule has 104 valence electrons. The molecule has 1 heterocycles. The minimum atomic E-state index is 0.424. The lowest BCUT2D eigenvalue weighted by Gasteiger charge is -2.15. The fourth-order valence-electron chi connectivity index (χ4n) is 1.97. The van der Waals surface area contributed by atoms with Crippen molar-refractivity contribution in [2.75, 3.05) is 13.1 Å². The predicted molar refractivity (Wildman–Crippen MR) is 75.8 cm³/mol. The van der Waals surface area contributed by atoms with Gasteiger partial charge in [-0.1, -0.05) is 27.7 Å². The molecule has 4 nitrogen and oxygen atoms in total. The molecule has 1 atom stereocenters. The number of rotatable bonds is 8. The number of aromatic nitrogens is 3. The molecule has 0 saturated carbocycles. The van der Waals surface area contributed by atoms with Gasteiger partial charge in [0.15, 0.2) is 5.82 Å². The van der Waals surface area contributed by atoms with Crippen LogP contribution in [-0.4, -0.2) is 27.9 Å². The van der Waals surface area contributed by atoms with Gasteiger partial charge >= 0.3 is 0 Å². The first-order chi connectivity index (χ1) is 8.58. The Morgan fingerprint density at radius 3 is 2.44 bits per heavy atom. The van der Waals surface area contributed by atoms with E-state index in [0.717, 1.165) is 44.0 Å². The Balaban J connectivity index is 2.49. The molecule has 0 saturated heterocycles. The summed E-state index contributed by atoms with van der Waals surface area (Å²) in [6.07, 6.45) is 2.97. The number of hydrogen-bond donors (Lipinski definition) is 1. The molecule has 0 aliphatic heterocycles. The zero-order valence-corrected chi connectivity index (χ0v) is 12.5. The molecule has 0 spiro atoms. The monoisotopic (exact) mass is 252 g/mol. The first-order valence-electron chi connectivity index (χ1n) is 7.23. The van der Waals surface area contributed by atoms with E-state index >= 15 is 0 Å². The van der Waals surface area contributed by atoms with Gasteiger partial charge in [-0.3, -0.25) is 0 Å². The van der Waals surface area contributed by atoms with Crippen molar-refractivity contribution in [2.45, 2.75) is 59.9 Å². The Morgan fingerprint density at radius 2 is 1.89 bits per heavy atom. The number of aryl methyl sites for hydroxylation is 2. The predicted octanol–water partition coefficient (Wildman–Crippen LogP) is 2.60. The van der Waals surface area contributed by atoms with Crippen LogP contribution in [0.15, 0.2) is 0 Å². The average Bonchev–Trinajstić information content (AvgIpc) is 2.77. The van der Waals surface area contributed by atoms with E-state index < -0.39 is 0 Å². The molecule has 0 radical (unpaired) electrons. The van der Waals surface area contributed by atoms with Crippen LogP contribution in [0.3, 0.4) is 0 Å². The molecule has 0 aliphatic carbocycles. The van der Waals surface area contributed by atoms with E-state index in [1.165, 1.54) is 0 Å². The van der Waals surface area contributed by atoms with Crippen molar-refractivity contribution in [3.05, 3.63) is 11.6 Å². The smallest absolute Gasteiger partial charge is 0.150 e. The van der Waals surface area contributed by atoms with E-state index in [1.54, 1.807) is 0 Å². The van der Waals surface area contributed by atoms with Gasteiger partial charge in [0.25, 0.3) is 0 Å². The van der Waals surface area contributed by atoms with E-state index in [0.29, 0.717) is 12.0 Å². The fraction of sp³-hybridized carbons (Fsp3) is 0.857. The van der Waals surface area contributed by atoms with Crippen molar-refractivity contribution in [2.24, 2.45) is 5.92 Å². The molecule has 1 rings (SSSR count). The molecule has 0 bridgehead atoms. The molecule has 0 amide bonds. The molecule has 0 fully saturated rings. The summed E-state index contributed by atoms with van der Waals surface area (Å²) in [5, 5.41) is 8.07. The molecule has 0 aromatic carbocycles. The van der Waals surface area contributed by atoms with Gasteiger partial charge in [-0.15, -0.1) is 0 Å². The lowest BCUT2D eigenvalue weighted by atomic mass is 10.2. The molecule has 1 unspecified atom stereocenters. The maximum absolute atomic E-state index is 4.59. The van der Waals surface area contributed by atoms with Gasteiger partial charge < -0.3 is 5.32 Å². The molecule has 1 aromatic heterocycles. The average molecular weight is 252 g/mol. The third-order valence-corrected chi connectivity index (χ3v) is 3.09. The summed E-state index contributed by atoms with van der Waals surface area (Å²) in [6, 6.07) is 0.424. The third-order valence-electron chi connectivity index (χ3n) is 3.09. The lowest BCUT2D eigenvalue weighted by Crippen LogP contribution is -2.23. The van der Waals surface area contributed by atoms with Gasteiger partial charge in [0.05, 0.1) is 6.04 Å². The molecule has 4 heteroatoms. The van der Waals surface area contributed by atoms with Crippen molar-refractivity contribution < 1.29 is 0 Å². The van der Waals surface area contributed by atoms with E-state index in [1.807, 2.05) is 0 Å². The third kappa shape index (κ3) is 4.41. The first kappa shape index (κ1) is 15.2. The van der Waals surface area contributed by atoms with Crippen LogP contribution in [0.4, 0.5) is 0 Å². The second-order valence-electron chi connectivity index (χ2n) is 5.33. The minimum absolute atomic E-state index is 0.424. The molecule has 0 aliphatic rings. The van der Waals surface area contributed by atoms with Crippen molar-refractivity contribution in [1.82, 2.24) is 20.1 Å². The Hall–Kier alpha value is -0.900. The van der Waals surface area contributed by atoms with Gasteiger partial charge in [-0.05, 0) is 32.4 Å². The van der Waals surface area contributed by atoms with Crippen LogP contribution in [0, 0.1) is 5.92 Å². The highest BCUT2D eigenvalue weighted by atomic mass is 15.4. The Morgan fingerprint density at radius 1 is 1.17 bits per heavy atom. The van der Waals surface area contributed by atoms with E-state index in [4.69, 9.17) is 0 Å². The van der Waals surface area contributed by atoms with Gasteiger partial charge in [0.1, 0.15) is 5.82 Å². The first-order valence-corrected chi connectivity index (χ1v) is 7.23. The minimum Gasteiger partial charge on any atom is -0.316 e. The van der Waals surface area contributed by atoms with E-state index in [-0.39, 0.29) is 0 Å².